The first-order valence-corrected chi connectivity index (χ1v) is 11.8. The van der Waals surface area contributed by atoms with Crippen LogP contribution >= 0.6 is 24.0 Å². The highest BCUT2D eigenvalue weighted by molar-refractivity contribution is 14.0. The lowest BCUT2D eigenvalue weighted by Crippen LogP contribution is -2.36. The Morgan fingerprint density at radius 3 is 2.61 bits per heavy atom. The molecule has 1 saturated carbocycles. The van der Waals surface area contributed by atoms with E-state index in [1.54, 1.807) is 18.2 Å². The van der Waals surface area contributed by atoms with Crippen molar-refractivity contribution in [3.63, 3.8) is 0 Å². The fourth-order valence-corrected chi connectivity index (χ4v) is 3.70. The summed E-state index contributed by atoms with van der Waals surface area (Å²) in [7, 11) is -2.07. The van der Waals surface area contributed by atoms with E-state index < -0.39 is 10.0 Å². The quantitative estimate of drug-likeness (QED) is 0.237. The summed E-state index contributed by atoms with van der Waals surface area (Å²) in [6.07, 6.45) is 2.52. The normalized spacial score (nSPS) is 13.9. The summed E-state index contributed by atoms with van der Waals surface area (Å²) in [5, 5.41) is 6.56. The smallest absolute Gasteiger partial charge is 0.240 e. The molecule has 1 fully saturated rings. The van der Waals surface area contributed by atoms with Crippen molar-refractivity contribution in [3.05, 3.63) is 59.7 Å². The fraction of sp³-hybridized carbons (Fsp3) is 0.409. The molecule has 0 bridgehead atoms. The van der Waals surface area contributed by atoms with E-state index >= 15 is 0 Å². The van der Waals surface area contributed by atoms with Crippen LogP contribution in [0.3, 0.4) is 0 Å². The number of sulfonamides is 1. The highest BCUT2D eigenvalue weighted by Crippen LogP contribution is 2.30. The van der Waals surface area contributed by atoms with Gasteiger partial charge in [0, 0.05) is 18.7 Å². The van der Waals surface area contributed by atoms with Crippen LogP contribution in [0.25, 0.3) is 0 Å². The summed E-state index contributed by atoms with van der Waals surface area (Å²) in [5.74, 6) is 2.27. The summed E-state index contributed by atoms with van der Waals surface area (Å²) in [5.41, 5.74) is 1.89. The number of hydrogen-bond donors (Lipinski definition) is 3. The average Bonchev–Trinajstić information content (AvgIpc) is 3.59. The Bertz CT molecular complexity index is 978. The van der Waals surface area contributed by atoms with Gasteiger partial charge in [-0.05, 0) is 56.5 Å². The van der Waals surface area contributed by atoms with Gasteiger partial charge in [0.15, 0.2) is 5.96 Å². The lowest BCUT2D eigenvalue weighted by atomic mass is 10.2. The van der Waals surface area contributed by atoms with Gasteiger partial charge in [0.1, 0.15) is 5.75 Å². The highest BCUT2D eigenvalue weighted by Gasteiger charge is 2.22. The van der Waals surface area contributed by atoms with Crippen molar-refractivity contribution >= 4 is 40.0 Å². The number of ether oxygens (including phenoxy) is 1. The van der Waals surface area contributed by atoms with E-state index in [9.17, 15) is 8.42 Å². The van der Waals surface area contributed by atoms with Crippen molar-refractivity contribution in [2.24, 2.45) is 10.9 Å². The Hall–Kier alpha value is -1.85. The van der Waals surface area contributed by atoms with Crippen LogP contribution in [0.4, 0.5) is 0 Å². The van der Waals surface area contributed by atoms with Crippen LogP contribution in [0, 0.1) is 5.92 Å². The fourth-order valence-electron chi connectivity index (χ4n) is 2.90. The van der Waals surface area contributed by atoms with Crippen LogP contribution < -0.4 is 20.1 Å². The third-order valence-corrected chi connectivity index (χ3v) is 6.24. The van der Waals surface area contributed by atoms with Crippen LogP contribution in [0.2, 0.25) is 0 Å². The molecule has 2 aromatic carbocycles. The predicted octanol–water partition coefficient (Wildman–Crippen LogP) is 3.26. The molecule has 3 rings (SSSR count). The topological polar surface area (TPSA) is 91.8 Å². The van der Waals surface area contributed by atoms with Gasteiger partial charge in [0.2, 0.25) is 10.0 Å². The average molecular weight is 558 g/mol. The number of aliphatic imine (C=N–C) groups is 1. The molecule has 2 aromatic rings. The minimum absolute atomic E-state index is 0. The first-order chi connectivity index (χ1) is 14.5. The molecule has 7 nitrogen and oxygen atoms in total. The second-order valence-electron chi connectivity index (χ2n) is 7.27. The van der Waals surface area contributed by atoms with E-state index in [1.165, 1.54) is 19.9 Å². The van der Waals surface area contributed by atoms with Gasteiger partial charge in [0.05, 0.1) is 18.0 Å². The number of benzene rings is 2. The zero-order chi connectivity index (χ0) is 21.4. The standard InChI is InChI=1S/C22H30N4O3S.HI/c1-3-24-22(25-14-18-7-6-9-20(13-18)30(27,28)23-2)26-15-19-8-4-5-10-21(19)29-16-17-11-12-17;/h4-10,13,17,23H,3,11-12,14-16H2,1-2H3,(H2,24,25,26);1H. The third kappa shape index (κ3) is 7.97. The minimum atomic E-state index is -3.47. The van der Waals surface area contributed by atoms with Crippen LogP contribution in [0.15, 0.2) is 58.4 Å². The third-order valence-electron chi connectivity index (χ3n) is 4.83. The van der Waals surface area contributed by atoms with E-state index in [4.69, 9.17) is 4.74 Å². The van der Waals surface area contributed by atoms with E-state index in [0.29, 0.717) is 25.0 Å². The Kier molecular flexibility index (Phi) is 10.0. The van der Waals surface area contributed by atoms with E-state index in [1.807, 2.05) is 37.3 Å². The molecule has 0 heterocycles. The van der Waals surface area contributed by atoms with Crippen LogP contribution in [-0.4, -0.2) is 34.6 Å². The Labute approximate surface area is 202 Å². The number of para-hydroxylation sites is 1. The van der Waals surface area contributed by atoms with Crippen LogP contribution in [-0.2, 0) is 23.1 Å². The predicted molar refractivity (Wildman–Crippen MR) is 134 cm³/mol. The van der Waals surface area contributed by atoms with Crippen molar-refractivity contribution in [1.29, 1.82) is 0 Å². The van der Waals surface area contributed by atoms with Gasteiger partial charge in [-0.1, -0.05) is 30.3 Å². The second kappa shape index (κ2) is 12.3. The van der Waals surface area contributed by atoms with Gasteiger partial charge >= 0.3 is 0 Å². The maximum atomic E-state index is 12.0. The molecule has 0 spiro atoms. The molecular weight excluding hydrogens is 527 g/mol. The summed E-state index contributed by atoms with van der Waals surface area (Å²) >= 11 is 0. The molecule has 1 aliphatic rings. The lowest BCUT2D eigenvalue weighted by molar-refractivity contribution is 0.296. The van der Waals surface area contributed by atoms with Crippen molar-refractivity contribution in [1.82, 2.24) is 15.4 Å². The van der Waals surface area contributed by atoms with E-state index in [-0.39, 0.29) is 28.9 Å². The number of halogens is 1. The maximum Gasteiger partial charge on any atom is 0.240 e. The molecule has 0 aliphatic heterocycles. The molecule has 3 N–H and O–H groups in total. The molecule has 0 amide bonds. The molecule has 9 heteroatoms. The van der Waals surface area contributed by atoms with Crippen molar-refractivity contribution in [3.8, 4) is 5.75 Å². The van der Waals surface area contributed by atoms with E-state index in [0.717, 1.165) is 30.0 Å². The monoisotopic (exact) mass is 558 g/mol. The van der Waals surface area contributed by atoms with E-state index in [2.05, 4.69) is 20.3 Å². The molecule has 1 aliphatic carbocycles. The molecule has 0 aromatic heterocycles. The zero-order valence-electron chi connectivity index (χ0n) is 17.9. The highest BCUT2D eigenvalue weighted by atomic mass is 127. The summed E-state index contributed by atoms with van der Waals surface area (Å²) in [6, 6.07) is 14.8. The van der Waals surface area contributed by atoms with Gasteiger partial charge in [0.25, 0.3) is 0 Å². The first-order valence-electron chi connectivity index (χ1n) is 10.3. The number of nitrogens with zero attached hydrogens (tertiary/aromatic N) is 1. The molecule has 0 atom stereocenters. The summed E-state index contributed by atoms with van der Waals surface area (Å²) in [6.45, 7) is 4.45. The van der Waals surface area contributed by atoms with Crippen molar-refractivity contribution < 1.29 is 13.2 Å². The first kappa shape index (κ1) is 25.4. The molecule has 0 radical (unpaired) electrons. The number of rotatable bonds is 10. The van der Waals surface area contributed by atoms with Crippen LogP contribution in [0.1, 0.15) is 30.9 Å². The zero-order valence-corrected chi connectivity index (χ0v) is 21.1. The Morgan fingerprint density at radius 1 is 1.13 bits per heavy atom. The van der Waals surface area contributed by atoms with Crippen molar-refractivity contribution in [2.75, 3.05) is 20.2 Å². The number of guanidine groups is 1. The Morgan fingerprint density at radius 2 is 1.90 bits per heavy atom. The van der Waals surface area contributed by atoms with Gasteiger partial charge in [-0.15, -0.1) is 24.0 Å². The largest absolute Gasteiger partial charge is 0.493 e. The van der Waals surface area contributed by atoms with Gasteiger partial charge < -0.3 is 15.4 Å². The number of hydrogen-bond acceptors (Lipinski definition) is 4. The van der Waals surface area contributed by atoms with Crippen molar-refractivity contribution in [2.45, 2.75) is 37.8 Å². The molecular formula is C22H31IN4O3S. The SMILES string of the molecule is CCNC(=NCc1cccc(S(=O)(=O)NC)c1)NCc1ccccc1OCC1CC1.I. The maximum absolute atomic E-state index is 12.0. The van der Waals surface area contributed by atoms with Gasteiger partial charge in [-0.2, -0.15) is 0 Å². The summed E-state index contributed by atoms with van der Waals surface area (Å²) < 4.78 is 32.3. The van der Waals surface area contributed by atoms with Gasteiger partial charge in [-0.3, -0.25) is 0 Å². The molecule has 0 unspecified atom stereocenters. The number of nitrogens with one attached hydrogen (secondary N) is 3. The molecule has 31 heavy (non-hydrogen) atoms. The Balaban J connectivity index is 0.00000341. The molecule has 170 valence electrons. The molecule has 0 saturated heterocycles. The minimum Gasteiger partial charge on any atom is -0.493 e. The van der Waals surface area contributed by atoms with Crippen LogP contribution in [0.5, 0.6) is 5.75 Å². The lowest BCUT2D eigenvalue weighted by Gasteiger charge is -2.14. The second-order valence-corrected chi connectivity index (χ2v) is 9.15. The van der Waals surface area contributed by atoms with Gasteiger partial charge in [-0.25, -0.2) is 18.1 Å². The summed E-state index contributed by atoms with van der Waals surface area (Å²) in [4.78, 5) is 4.83.